The SMILES string of the molecule is C[C@@H]1CC2C3C[C@H](F)C4=CC(=O)C=C[C@]4(C)[C@@]3(F)[C@@H](O)C[C@]2(C)[C@@]1(OC(=O)c1ccco1)C(=O)SCC#CCOC(=O)CC(C)(C)F. The molecule has 1 aromatic heterocycles. The zero-order valence-corrected chi connectivity index (χ0v) is 27.8. The molecule has 47 heavy (non-hydrogen) atoms. The van der Waals surface area contributed by atoms with E-state index in [0.717, 1.165) is 17.8 Å². The number of furan rings is 1. The second-order valence-corrected chi connectivity index (χ2v) is 15.0. The van der Waals surface area contributed by atoms with Crippen LogP contribution in [0.4, 0.5) is 13.2 Å². The van der Waals surface area contributed by atoms with Gasteiger partial charge in [-0.1, -0.05) is 43.5 Å². The molecule has 0 spiro atoms. The molecule has 9 atom stereocenters. The number of thioether (sulfide) groups is 1. The minimum Gasteiger partial charge on any atom is -0.457 e. The van der Waals surface area contributed by atoms with Crippen LogP contribution in [0.15, 0.2) is 46.6 Å². The van der Waals surface area contributed by atoms with Gasteiger partial charge in [0.15, 0.2) is 23.7 Å². The normalized spacial score (nSPS) is 37.4. The van der Waals surface area contributed by atoms with E-state index < -0.39 is 87.1 Å². The number of fused-ring (bicyclic) bond motifs is 5. The number of carbonyl (C=O) groups excluding carboxylic acids is 4. The molecule has 0 aliphatic heterocycles. The van der Waals surface area contributed by atoms with Gasteiger partial charge in [-0.2, -0.15) is 0 Å². The van der Waals surface area contributed by atoms with Crippen molar-refractivity contribution in [3.63, 3.8) is 0 Å². The number of alkyl halides is 3. The molecule has 0 amide bonds. The Hall–Kier alpha value is -3.30. The third-order valence-electron chi connectivity index (χ3n) is 10.7. The summed E-state index contributed by atoms with van der Waals surface area (Å²) in [7, 11) is 0. The Bertz CT molecular complexity index is 1570. The highest BCUT2D eigenvalue weighted by atomic mass is 32.2. The number of hydrogen-bond donors (Lipinski definition) is 1. The zero-order valence-electron chi connectivity index (χ0n) is 26.9. The average molecular weight is 677 g/mol. The number of aliphatic hydroxyl groups is 1. The highest BCUT2D eigenvalue weighted by Gasteiger charge is 2.78. The van der Waals surface area contributed by atoms with E-state index in [2.05, 4.69) is 11.8 Å². The van der Waals surface area contributed by atoms with Crippen LogP contribution in [0.25, 0.3) is 0 Å². The third kappa shape index (κ3) is 5.67. The van der Waals surface area contributed by atoms with E-state index in [1.165, 1.54) is 51.3 Å². The predicted octanol–water partition coefficient (Wildman–Crippen LogP) is 5.68. The lowest BCUT2D eigenvalue weighted by atomic mass is 9.44. The van der Waals surface area contributed by atoms with Gasteiger partial charge in [-0.05, 0) is 75.8 Å². The van der Waals surface area contributed by atoms with Gasteiger partial charge in [0, 0.05) is 22.7 Å². The van der Waals surface area contributed by atoms with Gasteiger partial charge in [0.25, 0.3) is 0 Å². The van der Waals surface area contributed by atoms with Crippen LogP contribution in [0.1, 0.15) is 70.9 Å². The Labute approximate surface area is 275 Å². The van der Waals surface area contributed by atoms with Crippen molar-refractivity contribution in [2.45, 2.75) is 89.5 Å². The van der Waals surface area contributed by atoms with Crippen molar-refractivity contribution in [3.8, 4) is 11.8 Å². The Morgan fingerprint density at radius 2 is 1.91 bits per heavy atom. The van der Waals surface area contributed by atoms with Crippen LogP contribution in [0, 0.1) is 40.4 Å². The van der Waals surface area contributed by atoms with Crippen molar-refractivity contribution < 1.29 is 51.3 Å². The highest BCUT2D eigenvalue weighted by Crippen LogP contribution is 2.72. The summed E-state index contributed by atoms with van der Waals surface area (Å²) < 4.78 is 63.5. The molecule has 0 radical (unpaired) electrons. The number of ketones is 1. The lowest BCUT2D eigenvalue weighted by molar-refractivity contribution is -0.221. The fourth-order valence-electron chi connectivity index (χ4n) is 8.63. The summed E-state index contributed by atoms with van der Waals surface area (Å²) >= 11 is 0.758. The number of esters is 2. The van der Waals surface area contributed by atoms with Crippen molar-refractivity contribution in [1.29, 1.82) is 0 Å². The van der Waals surface area contributed by atoms with Gasteiger partial charge in [0.2, 0.25) is 10.9 Å². The molecule has 1 heterocycles. The molecular formula is C35H39F3O8S. The van der Waals surface area contributed by atoms with Crippen molar-refractivity contribution in [2.75, 3.05) is 12.4 Å². The first-order valence-corrected chi connectivity index (χ1v) is 16.6. The first-order valence-electron chi connectivity index (χ1n) is 15.6. The summed E-state index contributed by atoms with van der Waals surface area (Å²) in [5.74, 6) is 0.482. The summed E-state index contributed by atoms with van der Waals surface area (Å²) in [6.45, 7) is 7.06. The molecule has 1 aromatic rings. The van der Waals surface area contributed by atoms with Gasteiger partial charge < -0.3 is 19.0 Å². The van der Waals surface area contributed by atoms with Crippen LogP contribution in [-0.2, 0) is 23.9 Å². The van der Waals surface area contributed by atoms with E-state index in [1.807, 2.05) is 0 Å². The number of halogens is 3. The summed E-state index contributed by atoms with van der Waals surface area (Å²) in [6.07, 6.45) is 0.679. The second kappa shape index (κ2) is 12.3. The standard InChI is InChI=1S/C35H39F3O8S/c1-20-15-22-23-17-25(36)24-16-21(39)10-11-32(24,4)34(23,38)27(40)18-33(22,5)35(20,46-29(42)26-9-8-13-44-26)30(43)47-14-7-6-12-45-28(41)19-31(2,3)37/h8-11,13,16,20,22-23,25,27,40H,12,14-15,17-19H2,1-5H3/t20-,22?,23?,25+,27+,32+,33+,34+,35+/m1/s1. The van der Waals surface area contributed by atoms with Gasteiger partial charge in [0.1, 0.15) is 11.8 Å². The molecule has 0 saturated heterocycles. The average Bonchev–Trinajstić information content (AvgIpc) is 3.59. The van der Waals surface area contributed by atoms with E-state index >= 15 is 8.78 Å². The molecule has 8 nitrogen and oxygen atoms in total. The summed E-state index contributed by atoms with van der Waals surface area (Å²) in [5, 5.41) is 11.1. The smallest absolute Gasteiger partial charge is 0.375 e. The molecular weight excluding hydrogens is 637 g/mol. The third-order valence-corrected chi connectivity index (χ3v) is 11.6. The Morgan fingerprint density at radius 3 is 2.57 bits per heavy atom. The number of allylic oxidation sites excluding steroid dienone is 4. The molecule has 1 N–H and O–H groups in total. The number of hydrogen-bond acceptors (Lipinski definition) is 9. The van der Waals surface area contributed by atoms with Crippen molar-refractivity contribution in [3.05, 3.63) is 48.0 Å². The van der Waals surface area contributed by atoms with Crippen LogP contribution >= 0.6 is 11.8 Å². The Morgan fingerprint density at radius 1 is 1.19 bits per heavy atom. The Balaban J connectivity index is 1.46. The minimum absolute atomic E-state index is 0.0164. The van der Waals surface area contributed by atoms with Crippen LogP contribution in [-0.4, -0.2) is 69.5 Å². The lowest BCUT2D eigenvalue weighted by Crippen LogP contribution is -2.70. The first kappa shape index (κ1) is 35.0. The molecule has 4 aliphatic rings. The van der Waals surface area contributed by atoms with E-state index in [0.29, 0.717) is 0 Å². The van der Waals surface area contributed by atoms with E-state index in [9.17, 15) is 28.7 Å². The van der Waals surface area contributed by atoms with Gasteiger partial charge in [-0.15, -0.1) is 0 Å². The maximum Gasteiger partial charge on any atom is 0.375 e. The van der Waals surface area contributed by atoms with Gasteiger partial charge in [-0.3, -0.25) is 14.4 Å². The van der Waals surface area contributed by atoms with E-state index in [4.69, 9.17) is 13.9 Å². The fourth-order valence-corrected chi connectivity index (χ4v) is 9.63. The minimum atomic E-state index is -2.37. The molecule has 5 rings (SSSR count). The van der Waals surface area contributed by atoms with E-state index in [1.54, 1.807) is 13.8 Å². The monoisotopic (exact) mass is 676 g/mol. The number of ether oxygens (including phenoxy) is 2. The largest absolute Gasteiger partial charge is 0.457 e. The lowest BCUT2D eigenvalue weighted by Gasteiger charge is -2.63. The summed E-state index contributed by atoms with van der Waals surface area (Å²) in [5.41, 5.74) is -8.97. The highest BCUT2D eigenvalue weighted by molar-refractivity contribution is 8.14. The fraction of sp³-hybridized carbons (Fsp3) is 0.600. The van der Waals surface area contributed by atoms with Crippen molar-refractivity contribution >= 4 is 34.6 Å². The maximum atomic E-state index is 17.7. The van der Waals surface area contributed by atoms with Crippen LogP contribution < -0.4 is 0 Å². The topological polar surface area (TPSA) is 120 Å². The number of aliphatic hydroxyl groups excluding tert-OH is 1. The van der Waals surface area contributed by atoms with Crippen molar-refractivity contribution in [2.24, 2.45) is 28.6 Å². The molecule has 0 bridgehead atoms. The molecule has 2 unspecified atom stereocenters. The number of carbonyl (C=O) groups is 4. The van der Waals surface area contributed by atoms with Gasteiger partial charge >= 0.3 is 11.9 Å². The molecule has 254 valence electrons. The number of rotatable bonds is 7. The van der Waals surface area contributed by atoms with Crippen LogP contribution in [0.2, 0.25) is 0 Å². The van der Waals surface area contributed by atoms with Crippen molar-refractivity contribution in [1.82, 2.24) is 0 Å². The summed E-state index contributed by atoms with van der Waals surface area (Å²) in [6, 6.07) is 2.87. The Kier molecular flexibility index (Phi) is 9.16. The van der Waals surface area contributed by atoms with Crippen LogP contribution in [0.3, 0.4) is 0 Å². The first-order chi connectivity index (χ1) is 21.9. The summed E-state index contributed by atoms with van der Waals surface area (Å²) in [4.78, 5) is 51.7. The molecule has 4 aliphatic carbocycles. The molecule has 3 fully saturated rings. The van der Waals surface area contributed by atoms with E-state index in [-0.39, 0.29) is 43.0 Å². The molecule has 12 heteroatoms. The zero-order chi connectivity index (χ0) is 34.6. The molecule has 0 aromatic carbocycles. The quantitative estimate of drug-likeness (QED) is 0.287. The molecule has 3 saturated carbocycles. The van der Waals surface area contributed by atoms with Gasteiger partial charge in [-0.25, -0.2) is 18.0 Å². The van der Waals surface area contributed by atoms with Gasteiger partial charge in [0.05, 0.1) is 24.5 Å². The van der Waals surface area contributed by atoms with Crippen LogP contribution in [0.5, 0.6) is 0 Å². The predicted molar refractivity (Wildman–Crippen MR) is 166 cm³/mol. The second-order valence-electron chi connectivity index (χ2n) is 14.1. The maximum absolute atomic E-state index is 17.7.